The van der Waals surface area contributed by atoms with E-state index in [0.717, 1.165) is 23.3 Å². The number of thiophene rings is 1. The van der Waals surface area contributed by atoms with E-state index >= 15 is 0 Å². The topological polar surface area (TPSA) is 76.3 Å². The first-order chi connectivity index (χ1) is 13.0. The molecule has 0 bridgehead atoms. The van der Waals surface area contributed by atoms with Crippen LogP contribution in [0, 0.1) is 0 Å². The maximum absolute atomic E-state index is 13.1. The highest BCUT2D eigenvalue weighted by molar-refractivity contribution is 7.89. The Morgan fingerprint density at radius 2 is 1.85 bits per heavy atom. The number of aryl methyl sites for hydroxylation is 1. The quantitative estimate of drug-likeness (QED) is 0.529. The Bertz CT molecular complexity index is 949. The van der Waals surface area contributed by atoms with Gasteiger partial charge in [-0.2, -0.15) is 4.31 Å². The van der Waals surface area contributed by atoms with Crippen LogP contribution in [0.3, 0.4) is 0 Å². The molecule has 0 aliphatic rings. The monoisotopic (exact) mass is 405 g/mol. The van der Waals surface area contributed by atoms with Crippen molar-refractivity contribution in [2.45, 2.75) is 44.6 Å². The Hall–Kier alpha value is -2.03. The zero-order valence-electron chi connectivity index (χ0n) is 15.5. The zero-order chi connectivity index (χ0) is 19.3. The molecular weight excluding hydrogens is 382 g/mol. The van der Waals surface area contributed by atoms with Crippen LogP contribution < -0.4 is 0 Å². The minimum atomic E-state index is -3.63. The van der Waals surface area contributed by atoms with E-state index in [-0.39, 0.29) is 17.3 Å². The van der Waals surface area contributed by atoms with Gasteiger partial charge in [-0.25, -0.2) is 8.42 Å². The van der Waals surface area contributed by atoms with Crippen molar-refractivity contribution in [2.24, 2.45) is 0 Å². The minimum Gasteiger partial charge on any atom is -0.418 e. The van der Waals surface area contributed by atoms with Gasteiger partial charge < -0.3 is 4.42 Å². The number of nitrogens with zero attached hydrogens (tertiary/aromatic N) is 3. The fourth-order valence-corrected chi connectivity index (χ4v) is 4.89. The molecule has 1 aromatic carbocycles. The van der Waals surface area contributed by atoms with Gasteiger partial charge in [-0.15, -0.1) is 21.5 Å². The van der Waals surface area contributed by atoms with E-state index in [2.05, 4.69) is 17.1 Å². The number of sulfonamides is 1. The molecule has 0 aliphatic carbocycles. The van der Waals surface area contributed by atoms with Crippen molar-refractivity contribution in [1.29, 1.82) is 0 Å². The van der Waals surface area contributed by atoms with Crippen molar-refractivity contribution in [2.75, 3.05) is 6.54 Å². The molecule has 8 heteroatoms. The second-order valence-corrected chi connectivity index (χ2v) is 9.10. The SMILES string of the molecule is CCCc1ccc(S(=O)(=O)N(CCC)Cc2nnc(-c3cccs3)o2)cc1. The predicted octanol–water partition coefficient (Wildman–Crippen LogP) is 4.35. The van der Waals surface area contributed by atoms with Crippen molar-refractivity contribution < 1.29 is 12.8 Å². The molecule has 6 nitrogen and oxygen atoms in total. The number of aromatic nitrogens is 2. The lowest BCUT2D eigenvalue weighted by atomic mass is 10.1. The Labute approximate surface area is 163 Å². The second-order valence-electron chi connectivity index (χ2n) is 6.21. The van der Waals surface area contributed by atoms with Crippen LogP contribution in [-0.2, 0) is 23.0 Å². The highest BCUT2D eigenvalue weighted by atomic mass is 32.2. The van der Waals surface area contributed by atoms with Gasteiger partial charge >= 0.3 is 0 Å². The van der Waals surface area contributed by atoms with Crippen LogP contribution in [0.25, 0.3) is 10.8 Å². The van der Waals surface area contributed by atoms with Crippen LogP contribution in [0.1, 0.15) is 38.1 Å². The van der Waals surface area contributed by atoms with Crippen LogP contribution in [0.4, 0.5) is 0 Å². The normalized spacial score (nSPS) is 12.0. The molecule has 0 radical (unpaired) electrons. The summed E-state index contributed by atoms with van der Waals surface area (Å²) in [5.41, 5.74) is 1.14. The molecule has 0 aliphatic heterocycles. The van der Waals surface area contributed by atoms with Gasteiger partial charge in [-0.05, 0) is 42.0 Å². The number of benzene rings is 1. The van der Waals surface area contributed by atoms with Crippen LogP contribution >= 0.6 is 11.3 Å². The molecule has 2 aromatic heterocycles. The highest BCUT2D eigenvalue weighted by Gasteiger charge is 2.26. The number of hydrogen-bond donors (Lipinski definition) is 0. The van der Waals surface area contributed by atoms with Gasteiger partial charge in [-0.1, -0.05) is 38.5 Å². The summed E-state index contributed by atoms with van der Waals surface area (Å²) in [6.07, 6.45) is 2.66. The summed E-state index contributed by atoms with van der Waals surface area (Å²) >= 11 is 1.50. The first-order valence-electron chi connectivity index (χ1n) is 9.00. The Balaban J connectivity index is 1.81. The lowest BCUT2D eigenvalue weighted by molar-refractivity contribution is 0.357. The van der Waals surface area contributed by atoms with Crippen LogP contribution in [0.2, 0.25) is 0 Å². The molecule has 0 spiro atoms. The molecule has 0 N–H and O–H groups in total. The van der Waals surface area contributed by atoms with Gasteiger partial charge in [0.1, 0.15) is 0 Å². The van der Waals surface area contributed by atoms with E-state index < -0.39 is 10.0 Å². The van der Waals surface area contributed by atoms with Crippen LogP contribution in [0.15, 0.2) is 51.1 Å². The average Bonchev–Trinajstić information content (AvgIpc) is 3.34. The van der Waals surface area contributed by atoms with E-state index in [9.17, 15) is 8.42 Å². The smallest absolute Gasteiger partial charge is 0.257 e. The summed E-state index contributed by atoms with van der Waals surface area (Å²) in [4.78, 5) is 1.15. The maximum atomic E-state index is 13.1. The fraction of sp³-hybridized carbons (Fsp3) is 0.368. The standard InChI is InChI=1S/C19H23N3O3S2/c1-3-6-15-8-10-16(11-9-15)27(23,24)22(12-4-2)14-18-20-21-19(25-18)17-7-5-13-26-17/h5,7-11,13H,3-4,6,12,14H2,1-2H3. The van der Waals surface area contributed by atoms with Crippen LogP contribution in [0.5, 0.6) is 0 Å². The van der Waals surface area contributed by atoms with E-state index in [1.807, 2.05) is 36.6 Å². The number of hydrogen-bond acceptors (Lipinski definition) is 6. The summed E-state index contributed by atoms with van der Waals surface area (Å²) in [6.45, 7) is 4.49. The van der Waals surface area contributed by atoms with E-state index in [0.29, 0.717) is 18.9 Å². The maximum Gasteiger partial charge on any atom is 0.257 e. The first kappa shape index (κ1) is 19.7. The fourth-order valence-electron chi connectivity index (χ4n) is 2.77. The molecule has 144 valence electrons. The molecule has 2 heterocycles. The molecule has 3 rings (SSSR count). The summed E-state index contributed by atoms with van der Waals surface area (Å²) in [6, 6.07) is 10.9. The van der Waals surface area contributed by atoms with Gasteiger partial charge in [0.05, 0.1) is 16.3 Å². The largest absolute Gasteiger partial charge is 0.418 e. The zero-order valence-corrected chi connectivity index (χ0v) is 17.1. The van der Waals surface area contributed by atoms with Crippen molar-refractivity contribution in [3.63, 3.8) is 0 Å². The lowest BCUT2D eigenvalue weighted by Gasteiger charge is -2.20. The molecule has 0 saturated heterocycles. The molecule has 0 saturated carbocycles. The Kier molecular flexibility index (Phi) is 6.41. The van der Waals surface area contributed by atoms with Crippen LogP contribution in [-0.4, -0.2) is 29.5 Å². The molecule has 27 heavy (non-hydrogen) atoms. The second kappa shape index (κ2) is 8.77. The molecule has 0 atom stereocenters. The van der Waals surface area contributed by atoms with Gasteiger partial charge in [-0.3, -0.25) is 0 Å². The lowest BCUT2D eigenvalue weighted by Crippen LogP contribution is -2.31. The minimum absolute atomic E-state index is 0.0608. The molecule has 0 unspecified atom stereocenters. The third-order valence-electron chi connectivity index (χ3n) is 4.08. The van der Waals surface area contributed by atoms with Gasteiger partial charge in [0.15, 0.2) is 0 Å². The third-order valence-corrected chi connectivity index (χ3v) is 6.80. The number of rotatable bonds is 9. The van der Waals surface area contributed by atoms with Gasteiger partial charge in [0.25, 0.3) is 5.89 Å². The predicted molar refractivity (Wildman–Crippen MR) is 106 cm³/mol. The average molecular weight is 406 g/mol. The molecule has 0 fully saturated rings. The van der Waals surface area contributed by atoms with E-state index in [4.69, 9.17) is 4.42 Å². The van der Waals surface area contributed by atoms with E-state index in [1.54, 1.807) is 12.1 Å². The van der Waals surface area contributed by atoms with Gasteiger partial charge in [0.2, 0.25) is 15.9 Å². The van der Waals surface area contributed by atoms with Crippen molar-refractivity contribution >= 4 is 21.4 Å². The van der Waals surface area contributed by atoms with Crippen molar-refractivity contribution in [3.8, 4) is 10.8 Å². The van der Waals surface area contributed by atoms with Crippen molar-refractivity contribution in [1.82, 2.24) is 14.5 Å². The molecule has 3 aromatic rings. The van der Waals surface area contributed by atoms with E-state index in [1.165, 1.54) is 15.6 Å². The summed E-state index contributed by atoms with van der Waals surface area (Å²) in [7, 11) is -3.63. The highest BCUT2D eigenvalue weighted by Crippen LogP contribution is 2.25. The molecule has 0 amide bonds. The van der Waals surface area contributed by atoms with Crippen molar-refractivity contribution in [3.05, 3.63) is 53.2 Å². The first-order valence-corrected chi connectivity index (χ1v) is 11.3. The Morgan fingerprint density at radius 1 is 1.07 bits per heavy atom. The van der Waals surface area contributed by atoms with Gasteiger partial charge in [0, 0.05) is 6.54 Å². The Morgan fingerprint density at radius 3 is 2.48 bits per heavy atom. The third kappa shape index (κ3) is 4.63. The summed E-state index contributed by atoms with van der Waals surface area (Å²) in [5, 5.41) is 9.98. The molecular formula is C19H23N3O3S2. The summed E-state index contributed by atoms with van der Waals surface area (Å²) in [5.74, 6) is 0.704. The summed E-state index contributed by atoms with van der Waals surface area (Å²) < 4.78 is 33.2.